The normalized spacial score (nSPS) is 11.6. The summed E-state index contributed by atoms with van der Waals surface area (Å²) in [7, 11) is 0. The first kappa shape index (κ1) is 15.9. The molecule has 0 aliphatic carbocycles. The Bertz CT molecular complexity index is 1010. The second-order valence-corrected chi connectivity index (χ2v) is 7.31. The molecule has 1 heterocycles. The highest BCUT2D eigenvalue weighted by molar-refractivity contribution is 5.83. The van der Waals surface area contributed by atoms with Crippen LogP contribution in [0.1, 0.15) is 30.8 Å². The maximum atomic E-state index is 4.75. The van der Waals surface area contributed by atoms with E-state index in [2.05, 4.69) is 79.5 Å². The molecular weight excluding hydrogens is 304 g/mol. The second kappa shape index (κ2) is 6.72. The number of fused-ring (bicyclic) bond motifs is 2. The average molecular weight is 328 g/mol. The molecule has 4 rings (SSSR count). The number of hydrogen-bond donors (Lipinski definition) is 1. The average Bonchev–Trinajstić information content (AvgIpc) is 3.01. The van der Waals surface area contributed by atoms with Crippen LogP contribution in [0.4, 0.5) is 0 Å². The van der Waals surface area contributed by atoms with Crippen molar-refractivity contribution in [1.82, 2.24) is 9.97 Å². The molecule has 0 bridgehead atoms. The van der Waals surface area contributed by atoms with Gasteiger partial charge < -0.3 is 4.98 Å². The van der Waals surface area contributed by atoms with Gasteiger partial charge in [-0.25, -0.2) is 4.98 Å². The quantitative estimate of drug-likeness (QED) is 0.500. The first-order chi connectivity index (χ1) is 12.2. The number of aromatic amines is 1. The molecule has 0 amide bonds. The van der Waals surface area contributed by atoms with Crippen LogP contribution in [0.2, 0.25) is 0 Å². The fraction of sp³-hybridized carbons (Fsp3) is 0.261. The molecule has 25 heavy (non-hydrogen) atoms. The lowest BCUT2D eigenvalue weighted by atomic mass is 10.0. The van der Waals surface area contributed by atoms with Gasteiger partial charge in [0.2, 0.25) is 0 Å². The van der Waals surface area contributed by atoms with Gasteiger partial charge in [-0.05, 0) is 52.8 Å². The van der Waals surface area contributed by atoms with Crippen LogP contribution in [0.25, 0.3) is 21.8 Å². The van der Waals surface area contributed by atoms with Crippen LogP contribution in [-0.4, -0.2) is 9.97 Å². The van der Waals surface area contributed by atoms with Crippen molar-refractivity contribution in [2.45, 2.75) is 33.1 Å². The highest BCUT2D eigenvalue weighted by Crippen LogP contribution is 2.19. The van der Waals surface area contributed by atoms with Crippen molar-refractivity contribution in [2.75, 3.05) is 0 Å². The number of nitrogens with one attached hydrogen (secondary N) is 1. The Morgan fingerprint density at radius 1 is 0.840 bits per heavy atom. The maximum Gasteiger partial charge on any atom is 0.107 e. The van der Waals surface area contributed by atoms with Gasteiger partial charge >= 0.3 is 0 Å². The van der Waals surface area contributed by atoms with E-state index in [4.69, 9.17) is 4.98 Å². The maximum absolute atomic E-state index is 4.75. The molecule has 0 saturated heterocycles. The molecule has 0 spiro atoms. The summed E-state index contributed by atoms with van der Waals surface area (Å²) in [5, 5.41) is 2.61. The lowest BCUT2D eigenvalue weighted by molar-refractivity contribution is 0.648. The molecule has 126 valence electrons. The molecule has 2 heteroatoms. The minimum absolute atomic E-state index is 0.674. The van der Waals surface area contributed by atoms with E-state index < -0.39 is 0 Å². The summed E-state index contributed by atoms with van der Waals surface area (Å²) >= 11 is 0. The summed E-state index contributed by atoms with van der Waals surface area (Å²) in [6.45, 7) is 4.51. The van der Waals surface area contributed by atoms with E-state index in [0.29, 0.717) is 5.92 Å². The molecule has 0 fully saturated rings. The zero-order valence-electron chi connectivity index (χ0n) is 14.9. The van der Waals surface area contributed by atoms with Crippen molar-refractivity contribution in [3.05, 3.63) is 77.6 Å². The highest BCUT2D eigenvalue weighted by Gasteiger charge is 2.06. The van der Waals surface area contributed by atoms with Gasteiger partial charge in [-0.3, -0.25) is 0 Å². The molecule has 4 aromatic rings. The number of imidazole rings is 1. The smallest absolute Gasteiger partial charge is 0.107 e. The van der Waals surface area contributed by atoms with Gasteiger partial charge in [-0.15, -0.1) is 0 Å². The molecule has 0 radical (unpaired) electrons. The van der Waals surface area contributed by atoms with Crippen molar-refractivity contribution in [3.63, 3.8) is 0 Å². The van der Waals surface area contributed by atoms with Crippen molar-refractivity contribution in [3.8, 4) is 0 Å². The fourth-order valence-corrected chi connectivity index (χ4v) is 3.48. The SMILES string of the molecule is CC(C)Cc1ccc2nc(CCc3ccc4ccccc4c3)[nH]c2c1. The topological polar surface area (TPSA) is 28.7 Å². The zero-order chi connectivity index (χ0) is 17.2. The number of hydrogen-bond acceptors (Lipinski definition) is 1. The molecule has 1 aromatic heterocycles. The summed E-state index contributed by atoms with van der Waals surface area (Å²) in [6.07, 6.45) is 3.05. The minimum atomic E-state index is 0.674. The standard InChI is InChI=1S/C23H24N2/c1-16(2)13-18-8-11-21-22(15-18)25-23(24-21)12-9-17-7-10-19-5-3-4-6-20(19)14-17/h3-8,10-11,14-16H,9,12-13H2,1-2H3,(H,24,25). The van der Waals surface area contributed by atoms with Crippen LogP contribution in [0.5, 0.6) is 0 Å². The third-order valence-corrected chi connectivity index (χ3v) is 4.70. The van der Waals surface area contributed by atoms with E-state index in [1.165, 1.54) is 21.9 Å². The predicted octanol–water partition coefficient (Wildman–Crippen LogP) is 5.70. The third-order valence-electron chi connectivity index (χ3n) is 4.70. The largest absolute Gasteiger partial charge is 0.342 e. The molecular formula is C23H24N2. The lowest BCUT2D eigenvalue weighted by Gasteiger charge is -2.03. The summed E-state index contributed by atoms with van der Waals surface area (Å²) in [4.78, 5) is 8.26. The Balaban J connectivity index is 1.51. The number of aromatic nitrogens is 2. The number of H-pyrrole nitrogens is 1. The molecule has 0 aliphatic heterocycles. The molecule has 0 saturated carbocycles. The van der Waals surface area contributed by atoms with Crippen LogP contribution in [0.15, 0.2) is 60.7 Å². The lowest BCUT2D eigenvalue weighted by Crippen LogP contribution is -1.93. The summed E-state index contributed by atoms with van der Waals surface area (Å²) < 4.78 is 0. The van der Waals surface area contributed by atoms with E-state index in [0.717, 1.165) is 36.1 Å². The first-order valence-electron chi connectivity index (χ1n) is 9.12. The monoisotopic (exact) mass is 328 g/mol. The number of benzene rings is 3. The van der Waals surface area contributed by atoms with Gasteiger partial charge in [0.05, 0.1) is 11.0 Å². The number of rotatable bonds is 5. The van der Waals surface area contributed by atoms with Gasteiger partial charge in [0.25, 0.3) is 0 Å². The van der Waals surface area contributed by atoms with Gasteiger partial charge in [-0.2, -0.15) is 0 Å². The second-order valence-electron chi connectivity index (χ2n) is 7.31. The van der Waals surface area contributed by atoms with Crippen LogP contribution in [0.3, 0.4) is 0 Å². The van der Waals surface area contributed by atoms with Crippen molar-refractivity contribution in [2.24, 2.45) is 5.92 Å². The van der Waals surface area contributed by atoms with E-state index in [9.17, 15) is 0 Å². The highest BCUT2D eigenvalue weighted by atomic mass is 14.9. The Labute approximate surface area is 148 Å². The Morgan fingerprint density at radius 3 is 2.48 bits per heavy atom. The van der Waals surface area contributed by atoms with Crippen LogP contribution >= 0.6 is 0 Å². The minimum Gasteiger partial charge on any atom is -0.342 e. The Kier molecular flexibility index (Phi) is 4.27. The summed E-state index contributed by atoms with van der Waals surface area (Å²) in [6, 6.07) is 21.8. The summed E-state index contributed by atoms with van der Waals surface area (Å²) in [5.41, 5.74) is 4.97. The molecule has 3 aromatic carbocycles. The van der Waals surface area contributed by atoms with Gasteiger partial charge in [0.1, 0.15) is 5.82 Å². The van der Waals surface area contributed by atoms with E-state index in [1.807, 2.05) is 0 Å². The van der Waals surface area contributed by atoms with Crippen molar-refractivity contribution < 1.29 is 0 Å². The van der Waals surface area contributed by atoms with E-state index >= 15 is 0 Å². The van der Waals surface area contributed by atoms with Crippen molar-refractivity contribution >= 4 is 21.8 Å². The van der Waals surface area contributed by atoms with Crippen LogP contribution < -0.4 is 0 Å². The molecule has 2 nitrogen and oxygen atoms in total. The number of nitrogens with zero attached hydrogens (tertiary/aromatic N) is 1. The predicted molar refractivity (Wildman–Crippen MR) is 106 cm³/mol. The van der Waals surface area contributed by atoms with Gasteiger partial charge in [0.15, 0.2) is 0 Å². The van der Waals surface area contributed by atoms with Gasteiger partial charge in [0, 0.05) is 6.42 Å². The van der Waals surface area contributed by atoms with Crippen molar-refractivity contribution in [1.29, 1.82) is 0 Å². The number of aryl methyl sites for hydroxylation is 2. The van der Waals surface area contributed by atoms with Crippen LogP contribution in [0, 0.1) is 5.92 Å². The Hall–Kier alpha value is -2.61. The van der Waals surface area contributed by atoms with Gasteiger partial charge in [-0.1, -0.05) is 62.4 Å². The molecule has 0 aliphatic rings. The molecule has 0 atom stereocenters. The Morgan fingerprint density at radius 2 is 1.64 bits per heavy atom. The first-order valence-corrected chi connectivity index (χ1v) is 9.12. The third kappa shape index (κ3) is 3.58. The molecule has 1 N–H and O–H groups in total. The fourth-order valence-electron chi connectivity index (χ4n) is 3.48. The van der Waals surface area contributed by atoms with E-state index in [-0.39, 0.29) is 0 Å². The van der Waals surface area contributed by atoms with E-state index in [1.54, 1.807) is 0 Å². The summed E-state index contributed by atoms with van der Waals surface area (Å²) in [5.74, 6) is 1.75. The zero-order valence-corrected chi connectivity index (χ0v) is 14.9. The van der Waals surface area contributed by atoms with Crippen LogP contribution in [-0.2, 0) is 19.3 Å². The molecule has 0 unspecified atom stereocenters.